The van der Waals surface area contributed by atoms with Crippen molar-refractivity contribution in [1.82, 2.24) is 4.57 Å². The average molecular weight is 488 g/mol. The SMILES string of the molecule is CCCCCCCCOc1ccc2c(OCCCCCC)c(OC(C)=O)c(=O)n(CCCC)c2c1. The minimum Gasteiger partial charge on any atom is -0.494 e. The molecule has 0 N–H and O–H groups in total. The Morgan fingerprint density at radius 1 is 0.771 bits per heavy atom. The number of unbranched alkanes of at least 4 members (excludes halogenated alkanes) is 9. The van der Waals surface area contributed by atoms with Gasteiger partial charge < -0.3 is 18.8 Å². The highest BCUT2D eigenvalue weighted by Gasteiger charge is 2.21. The summed E-state index contributed by atoms with van der Waals surface area (Å²) in [5, 5.41) is 0.763. The predicted molar refractivity (Wildman–Crippen MR) is 143 cm³/mol. The molecule has 0 fully saturated rings. The number of carbonyl (C=O) groups excluding carboxylic acids is 1. The summed E-state index contributed by atoms with van der Waals surface area (Å²) < 4.78 is 19.2. The number of esters is 1. The van der Waals surface area contributed by atoms with Crippen LogP contribution in [0.25, 0.3) is 10.9 Å². The van der Waals surface area contributed by atoms with Crippen molar-refractivity contribution >= 4 is 16.9 Å². The van der Waals surface area contributed by atoms with Crippen LogP contribution in [0.15, 0.2) is 23.0 Å². The van der Waals surface area contributed by atoms with E-state index >= 15 is 0 Å². The highest BCUT2D eigenvalue weighted by molar-refractivity contribution is 5.90. The normalized spacial score (nSPS) is 11.1. The van der Waals surface area contributed by atoms with Gasteiger partial charge in [0.1, 0.15) is 5.75 Å². The monoisotopic (exact) mass is 487 g/mol. The number of carbonyl (C=O) groups is 1. The standard InChI is InChI=1S/C29H45NO5/c1-5-8-11-13-14-16-20-33-24-17-18-25-26(22-24)30(19-10-7-3)29(32)28(35-23(4)31)27(25)34-21-15-12-9-6-2/h17-18,22H,5-16,19-21H2,1-4H3. The third kappa shape index (κ3) is 9.23. The topological polar surface area (TPSA) is 66.8 Å². The van der Waals surface area contributed by atoms with Crippen molar-refractivity contribution in [3.8, 4) is 17.2 Å². The van der Waals surface area contributed by atoms with Gasteiger partial charge in [0.15, 0.2) is 5.75 Å². The summed E-state index contributed by atoms with van der Waals surface area (Å²) in [5.74, 6) is 0.548. The van der Waals surface area contributed by atoms with Gasteiger partial charge in [0.2, 0.25) is 5.75 Å². The molecule has 0 unspecified atom stereocenters. The molecule has 0 amide bonds. The van der Waals surface area contributed by atoms with Crippen LogP contribution >= 0.6 is 0 Å². The fourth-order valence-electron chi connectivity index (χ4n) is 4.16. The molecule has 0 aliphatic carbocycles. The zero-order chi connectivity index (χ0) is 25.5. The lowest BCUT2D eigenvalue weighted by Gasteiger charge is -2.18. The fourth-order valence-corrected chi connectivity index (χ4v) is 4.16. The lowest BCUT2D eigenvalue weighted by molar-refractivity contribution is -0.132. The molecule has 1 aromatic carbocycles. The van der Waals surface area contributed by atoms with Gasteiger partial charge in [-0.3, -0.25) is 9.59 Å². The first-order chi connectivity index (χ1) is 17.0. The third-order valence-electron chi connectivity index (χ3n) is 6.14. The molecule has 0 aliphatic rings. The van der Waals surface area contributed by atoms with Crippen molar-refractivity contribution in [3.63, 3.8) is 0 Å². The van der Waals surface area contributed by atoms with Crippen molar-refractivity contribution in [2.24, 2.45) is 0 Å². The number of nitrogens with zero attached hydrogens (tertiary/aromatic N) is 1. The van der Waals surface area contributed by atoms with Crippen molar-refractivity contribution in [2.45, 2.75) is 111 Å². The molecule has 6 heteroatoms. The Morgan fingerprint density at radius 2 is 1.37 bits per heavy atom. The second-order valence-electron chi connectivity index (χ2n) is 9.27. The molecule has 1 aromatic heterocycles. The Bertz CT molecular complexity index is 966. The van der Waals surface area contributed by atoms with Gasteiger partial charge in [-0.05, 0) is 31.4 Å². The Hall–Kier alpha value is -2.50. The van der Waals surface area contributed by atoms with Crippen LogP contribution in [0.5, 0.6) is 17.2 Å². The van der Waals surface area contributed by atoms with E-state index in [-0.39, 0.29) is 11.3 Å². The number of benzene rings is 1. The van der Waals surface area contributed by atoms with Gasteiger partial charge >= 0.3 is 5.97 Å². The number of aryl methyl sites for hydroxylation is 1. The van der Waals surface area contributed by atoms with E-state index in [0.717, 1.165) is 68.0 Å². The average Bonchev–Trinajstić information content (AvgIpc) is 2.84. The highest BCUT2D eigenvalue weighted by atomic mass is 16.6. The van der Waals surface area contributed by atoms with Crippen LogP contribution < -0.4 is 19.8 Å². The van der Waals surface area contributed by atoms with Gasteiger partial charge in [-0.25, -0.2) is 0 Å². The van der Waals surface area contributed by atoms with Crippen molar-refractivity contribution in [2.75, 3.05) is 13.2 Å². The van der Waals surface area contributed by atoms with Crippen molar-refractivity contribution in [3.05, 3.63) is 28.6 Å². The molecule has 0 radical (unpaired) electrons. The van der Waals surface area contributed by atoms with Gasteiger partial charge in [0, 0.05) is 24.9 Å². The molecule has 2 rings (SSSR count). The molecule has 0 saturated carbocycles. The third-order valence-corrected chi connectivity index (χ3v) is 6.14. The Labute approximate surface area is 211 Å². The zero-order valence-electron chi connectivity index (χ0n) is 22.3. The second kappa shape index (κ2) is 16.2. The number of hydrogen-bond acceptors (Lipinski definition) is 5. The van der Waals surface area contributed by atoms with E-state index in [0.29, 0.717) is 25.5 Å². The van der Waals surface area contributed by atoms with Gasteiger partial charge in [-0.2, -0.15) is 0 Å². The molecular weight excluding hydrogens is 442 g/mol. The molecule has 0 bridgehead atoms. The summed E-state index contributed by atoms with van der Waals surface area (Å²) in [5.41, 5.74) is 0.418. The largest absolute Gasteiger partial charge is 0.494 e. The zero-order valence-corrected chi connectivity index (χ0v) is 22.3. The number of rotatable bonds is 18. The quantitative estimate of drug-likeness (QED) is 0.162. The maximum absolute atomic E-state index is 13.4. The highest BCUT2D eigenvalue weighted by Crippen LogP contribution is 2.35. The van der Waals surface area contributed by atoms with E-state index in [9.17, 15) is 9.59 Å². The Morgan fingerprint density at radius 3 is 2.03 bits per heavy atom. The number of pyridine rings is 1. The summed E-state index contributed by atoms with van der Waals surface area (Å²) in [6, 6.07) is 5.75. The lowest BCUT2D eigenvalue weighted by atomic mass is 10.1. The van der Waals surface area contributed by atoms with E-state index in [2.05, 4.69) is 20.8 Å². The van der Waals surface area contributed by atoms with Crippen LogP contribution in [0.2, 0.25) is 0 Å². The predicted octanol–water partition coefficient (Wildman–Crippen LogP) is 7.43. The van der Waals surface area contributed by atoms with Crippen molar-refractivity contribution < 1.29 is 19.0 Å². The molecule has 0 aliphatic heterocycles. The maximum Gasteiger partial charge on any atom is 0.308 e. The smallest absolute Gasteiger partial charge is 0.308 e. The number of fused-ring (bicyclic) bond motifs is 1. The van der Waals surface area contributed by atoms with E-state index in [1.165, 1.54) is 32.6 Å². The van der Waals surface area contributed by atoms with Gasteiger partial charge in [0.25, 0.3) is 5.56 Å². The molecule has 0 saturated heterocycles. The van der Waals surface area contributed by atoms with Crippen LogP contribution in [0.1, 0.15) is 105 Å². The van der Waals surface area contributed by atoms with E-state index in [1.54, 1.807) is 4.57 Å². The molecule has 196 valence electrons. The van der Waals surface area contributed by atoms with Crippen LogP contribution in [0.4, 0.5) is 0 Å². The number of hydrogen-bond donors (Lipinski definition) is 0. The molecular formula is C29H45NO5. The first-order valence-electron chi connectivity index (χ1n) is 13.7. The van der Waals surface area contributed by atoms with E-state index < -0.39 is 5.97 Å². The maximum atomic E-state index is 13.4. The van der Waals surface area contributed by atoms with Crippen LogP contribution in [-0.4, -0.2) is 23.8 Å². The van der Waals surface area contributed by atoms with E-state index in [4.69, 9.17) is 14.2 Å². The summed E-state index contributed by atoms with van der Waals surface area (Å²) in [6.07, 6.45) is 13.2. The van der Waals surface area contributed by atoms with Gasteiger partial charge in [0.05, 0.1) is 18.7 Å². The Balaban J connectivity index is 2.34. The molecule has 35 heavy (non-hydrogen) atoms. The fraction of sp³-hybridized carbons (Fsp3) is 0.655. The molecule has 0 atom stereocenters. The molecule has 2 aromatic rings. The van der Waals surface area contributed by atoms with Gasteiger partial charge in [-0.1, -0.05) is 78.6 Å². The Kier molecular flexibility index (Phi) is 13.3. The molecule has 0 spiro atoms. The summed E-state index contributed by atoms with van der Waals surface area (Å²) in [7, 11) is 0. The van der Waals surface area contributed by atoms with Crippen molar-refractivity contribution in [1.29, 1.82) is 0 Å². The minimum absolute atomic E-state index is 0.0163. The molecule has 6 nitrogen and oxygen atoms in total. The first-order valence-corrected chi connectivity index (χ1v) is 13.7. The van der Waals surface area contributed by atoms with Crippen LogP contribution in [0, 0.1) is 0 Å². The number of aromatic nitrogens is 1. The molecule has 1 heterocycles. The van der Waals surface area contributed by atoms with Gasteiger partial charge in [-0.15, -0.1) is 0 Å². The van der Waals surface area contributed by atoms with Crippen LogP contribution in [-0.2, 0) is 11.3 Å². The number of ether oxygens (including phenoxy) is 3. The van der Waals surface area contributed by atoms with Crippen LogP contribution in [0.3, 0.4) is 0 Å². The minimum atomic E-state index is -0.529. The second-order valence-corrected chi connectivity index (χ2v) is 9.27. The summed E-state index contributed by atoms with van der Waals surface area (Å²) >= 11 is 0. The summed E-state index contributed by atoms with van der Waals surface area (Å²) in [4.78, 5) is 25.3. The lowest BCUT2D eigenvalue weighted by Crippen LogP contribution is -2.25. The van der Waals surface area contributed by atoms with E-state index in [1.807, 2.05) is 18.2 Å². The summed E-state index contributed by atoms with van der Waals surface area (Å²) in [6.45, 7) is 9.45. The first kappa shape index (κ1) is 28.7.